The van der Waals surface area contributed by atoms with E-state index in [-0.39, 0.29) is 0 Å². The molecule has 0 aromatic heterocycles. The molecular formula is C63H60N4. The van der Waals surface area contributed by atoms with Gasteiger partial charge in [-0.15, -0.1) is 0 Å². The number of anilines is 12. The largest absolute Gasteiger partial charge is 0.310 e. The number of rotatable bonds is 12. The molecule has 4 nitrogen and oxygen atoms in total. The minimum absolute atomic E-state index is 1.11. The van der Waals surface area contributed by atoms with Crippen LogP contribution in [0, 0.1) is 62.3 Å². The predicted molar refractivity (Wildman–Crippen MR) is 288 cm³/mol. The average Bonchev–Trinajstić information content (AvgIpc) is 3.32. The zero-order valence-corrected chi connectivity index (χ0v) is 40.3. The second-order valence-corrected chi connectivity index (χ2v) is 18.1. The number of aryl methyl sites for hydroxylation is 9. The third-order valence-corrected chi connectivity index (χ3v) is 12.8. The van der Waals surface area contributed by atoms with E-state index in [2.05, 4.69) is 282 Å². The molecule has 0 aliphatic carbocycles. The van der Waals surface area contributed by atoms with Crippen molar-refractivity contribution >= 4 is 68.2 Å². The van der Waals surface area contributed by atoms with Gasteiger partial charge in [0.2, 0.25) is 0 Å². The van der Waals surface area contributed by atoms with Crippen molar-refractivity contribution in [2.24, 2.45) is 0 Å². The first-order chi connectivity index (χ1) is 32.4. The van der Waals surface area contributed by atoms with E-state index < -0.39 is 0 Å². The molecular weight excluding hydrogens is 813 g/mol. The molecule has 9 rings (SSSR count). The van der Waals surface area contributed by atoms with Gasteiger partial charge in [0.15, 0.2) is 0 Å². The summed E-state index contributed by atoms with van der Waals surface area (Å²) in [6, 6.07) is 72.9. The third kappa shape index (κ3) is 9.08. The van der Waals surface area contributed by atoms with Crippen LogP contribution in [-0.2, 0) is 0 Å². The first kappa shape index (κ1) is 44.4. The molecule has 4 heteroatoms. The summed E-state index contributed by atoms with van der Waals surface area (Å²) in [4.78, 5) is 9.68. The minimum Gasteiger partial charge on any atom is -0.310 e. The van der Waals surface area contributed by atoms with Crippen LogP contribution in [0.1, 0.15) is 50.1 Å². The molecule has 9 aromatic carbocycles. The molecule has 67 heavy (non-hydrogen) atoms. The maximum absolute atomic E-state index is 2.46. The van der Waals surface area contributed by atoms with E-state index in [1.807, 2.05) is 0 Å². The highest BCUT2D eigenvalue weighted by molar-refractivity contribution is 5.90. The Balaban J connectivity index is 1.18. The summed E-state index contributed by atoms with van der Waals surface area (Å²) in [6.07, 6.45) is 0. The monoisotopic (exact) mass is 872 g/mol. The van der Waals surface area contributed by atoms with Crippen molar-refractivity contribution in [3.63, 3.8) is 0 Å². The molecule has 0 atom stereocenters. The van der Waals surface area contributed by atoms with Gasteiger partial charge in [-0.05, 0) is 222 Å². The Morgan fingerprint density at radius 3 is 0.672 bits per heavy atom. The van der Waals surface area contributed by atoms with Gasteiger partial charge in [0.25, 0.3) is 0 Å². The molecule has 0 radical (unpaired) electrons. The van der Waals surface area contributed by atoms with Crippen molar-refractivity contribution in [2.75, 3.05) is 19.6 Å². The molecule has 332 valence electrons. The van der Waals surface area contributed by atoms with Gasteiger partial charge in [0.1, 0.15) is 0 Å². The van der Waals surface area contributed by atoms with Gasteiger partial charge in [0.05, 0.1) is 0 Å². The van der Waals surface area contributed by atoms with Gasteiger partial charge in [0, 0.05) is 68.2 Å². The van der Waals surface area contributed by atoms with Crippen LogP contribution in [0.15, 0.2) is 200 Å². The summed E-state index contributed by atoms with van der Waals surface area (Å²) in [5.41, 5.74) is 24.4. The van der Waals surface area contributed by atoms with Gasteiger partial charge >= 0.3 is 0 Å². The van der Waals surface area contributed by atoms with Gasteiger partial charge in [-0.3, -0.25) is 0 Å². The Kier molecular flexibility index (Phi) is 12.6. The predicted octanol–water partition coefficient (Wildman–Crippen LogP) is 18.3. The molecule has 0 unspecified atom stereocenters. The third-order valence-electron chi connectivity index (χ3n) is 12.8. The summed E-state index contributed by atoms with van der Waals surface area (Å²) >= 11 is 0. The van der Waals surface area contributed by atoms with Gasteiger partial charge in [-0.1, -0.05) is 91.0 Å². The zero-order chi connectivity index (χ0) is 46.8. The lowest BCUT2D eigenvalue weighted by Gasteiger charge is -2.34. The summed E-state index contributed by atoms with van der Waals surface area (Å²) in [5.74, 6) is 0. The van der Waals surface area contributed by atoms with Crippen LogP contribution in [0.4, 0.5) is 68.2 Å². The van der Waals surface area contributed by atoms with Crippen molar-refractivity contribution < 1.29 is 0 Å². The van der Waals surface area contributed by atoms with Crippen molar-refractivity contribution in [1.29, 1.82) is 0 Å². The normalized spacial score (nSPS) is 11.1. The van der Waals surface area contributed by atoms with Crippen molar-refractivity contribution in [3.8, 4) is 0 Å². The highest BCUT2D eigenvalue weighted by Gasteiger charge is 2.26. The van der Waals surface area contributed by atoms with Crippen LogP contribution in [0.3, 0.4) is 0 Å². The SMILES string of the molecule is Cc1cccc(N(c2ccccc2)c2cc(C)c(N(c3ccccc3)c3cc(C)c(N(c4cccc(C)c4)c4cc(C)c(N(c5ccccc5)c5cccc(C)c5)cc4C)cc3C)cc2C)c1. The quantitative estimate of drug-likeness (QED) is 0.121. The smallest absolute Gasteiger partial charge is 0.0495 e. The molecule has 0 bridgehead atoms. The Bertz CT molecular complexity index is 3190. The number of nitrogens with zero attached hydrogens (tertiary/aromatic N) is 4. The number of para-hydroxylation sites is 3. The zero-order valence-electron chi connectivity index (χ0n) is 40.3. The first-order valence-electron chi connectivity index (χ1n) is 23.3. The first-order valence-corrected chi connectivity index (χ1v) is 23.3. The highest BCUT2D eigenvalue weighted by atomic mass is 15.2. The highest BCUT2D eigenvalue weighted by Crippen LogP contribution is 2.48. The van der Waals surface area contributed by atoms with Crippen LogP contribution < -0.4 is 19.6 Å². The van der Waals surface area contributed by atoms with E-state index in [4.69, 9.17) is 0 Å². The van der Waals surface area contributed by atoms with Crippen molar-refractivity contribution in [3.05, 3.63) is 250 Å². The molecule has 0 amide bonds. The van der Waals surface area contributed by atoms with Gasteiger partial charge in [-0.2, -0.15) is 0 Å². The molecule has 0 aliphatic rings. The summed E-state index contributed by atoms with van der Waals surface area (Å²) < 4.78 is 0. The molecule has 0 heterocycles. The van der Waals surface area contributed by atoms with Crippen LogP contribution in [-0.4, -0.2) is 0 Å². The maximum atomic E-state index is 2.46. The lowest BCUT2D eigenvalue weighted by Crippen LogP contribution is -2.18. The molecule has 9 aromatic rings. The molecule has 0 spiro atoms. The van der Waals surface area contributed by atoms with E-state index in [1.54, 1.807) is 0 Å². The number of benzene rings is 9. The standard InChI is InChI=1S/C63H60N4/c1-43-22-19-31-55(34-43)64(52-25-13-10-14-26-52)58-37-48(6)60(39-46(58)4)66(54-29-17-12-18-30-54)61-41-51(9)63(42-50(61)8)67(57-33-21-24-45(3)36-57)62-40-47(5)59(38-49(62)7)65(53-27-15-11-16-28-53)56-32-20-23-44(2)35-56/h10-42H,1-9H3. The van der Waals surface area contributed by atoms with E-state index in [0.717, 1.165) is 68.2 Å². The Hall–Kier alpha value is -7.82. The van der Waals surface area contributed by atoms with Crippen molar-refractivity contribution in [1.82, 2.24) is 0 Å². The van der Waals surface area contributed by atoms with E-state index >= 15 is 0 Å². The molecule has 0 fully saturated rings. The Labute approximate surface area is 398 Å². The molecule has 0 N–H and O–H groups in total. The second kappa shape index (κ2) is 19.0. The van der Waals surface area contributed by atoms with Crippen LogP contribution in [0.5, 0.6) is 0 Å². The molecule has 0 saturated heterocycles. The van der Waals surface area contributed by atoms with Gasteiger partial charge in [-0.25, -0.2) is 0 Å². The van der Waals surface area contributed by atoms with Gasteiger partial charge < -0.3 is 19.6 Å². The topological polar surface area (TPSA) is 13.0 Å². The fourth-order valence-corrected chi connectivity index (χ4v) is 9.51. The lowest BCUT2D eigenvalue weighted by atomic mass is 9.99. The van der Waals surface area contributed by atoms with Crippen LogP contribution in [0.2, 0.25) is 0 Å². The minimum atomic E-state index is 1.11. The molecule has 0 aliphatic heterocycles. The van der Waals surface area contributed by atoms with Crippen LogP contribution in [0.25, 0.3) is 0 Å². The summed E-state index contributed by atoms with van der Waals surface area (Å²) in [5, 5.41) is 0. The maximum Gasteiger partial charge on any atom is 0.0495 e. The second-order valence-electron chi connectivity index (χ2n) is 18.1. The van der Waals surface area contributed by atoms with E-state index in [9.17, 15) is 0 Å². The molecule has 0 saturated carbocycles. The Morgan fingerprint density at radius 2 is 0.403 bits per heavy atom. The average molecular weight is 873 g/mol. The number of hydrogen-bond acceptors (Lipinski definition) is 4. The summed E-state index contributed by atoms with van der Waals surface area (Å²) in [6.45, 7) is 20.0. The van der Waals surface area contributed by atoms with E-state index in [1.165, 1.54) is 50.1 Å². The van der Waals surface area contributed by atoms with Crippen LogP contribution >= 0.6 is 0 Å². The van der Waals surface area contributed by atoms with E-state index in [0.29, 0.717) is 0 Å². The Morgan fingerprint density at radius 1 is 0.194 bits per heavy atom. The van der Waals surface area contributed by atoms with Crippen molar-refractivity contribution in [2.45, 2.75) is 62.3 Å². The fraction of sp³-hybridized carbons (Fsp3) is 0.143. The fourth-order valence-electron chi connectivity index (χ4n) is 9.51. The summed E-state index contributed by atoms with van der Waals surface area (Å²) in [7, 11) is 0. The number of hydrogen-bond donors (Lipinski definition) is 0. The lowest BCUT2D eigenvalue weighted by molar-refractivity contribution is 1.16.